The van der Waals surface area contributed by atoms with Crippen LogP contribution in [0.4, 0.5) is 10.1 Å². The smallest absolute Gasteiger partial charge is 0.229 e. The van der Waals surface area contributed by atoms with E-state index in [1.807, 2.05) is 6.07 Å². The predicted molar refractivity (Wildman–Crippen MR) is 123 cm³/mol. The maximum absolute atomic E-state index is 15.0. The third-order valence-corrected chi connectivity index (χ3v) is 6.28. The number of benzene rings is 2. The molecule has 1 aliphatic heterocycles. The van der Waals surface area contributed by atoms with Gasteiger partial charge in [-0.2, -0.15) is 0 Å². The number of hydrogen-bond donors (Lipinski definition) is 1. The van der Waals surface area contributed by atoms with Gasteiger partial charge in [-0.25, -0.2) is 4.39 Å². The molecule has 0 saturated carbocycles. The highest BCUT2D eigenvalue weighted by Crippen LogP contribution is 2.43. The zero-order chi connectivity index (χ0) is 22.1. The molecule has 1 fully saturated rings. The molecule has 3 rings (SSSR count). The van der Waals surface area contributed by atoms with Crippen molar-refractivity contribution in [2.24, 2.45) is 11.3 Å². The Morgan fingerprint density at radius 1 is 1.20 bits per heavy atom. The molecule has 0 bridgehead atoms. The van der Waals surface area contributed by atoms with Crippen LogP contribution in [0.1, 0.15) is 45.6 Å². The maximum Gasteiger partial charge on any atom is 0.229 e. The van der Waals surface area contributed by atoms with E-state index in [2.05, 4.69) is 37.9 Å². The molecule has 6 heteroatoms. The molecule has 0 aliphatic carbocycles. The lowest BCUT2D eigenvalue weighted by molar-refractivity contribution is -0.121. The van der Waals surface area contributed by atoms with Crippen molar-refractivity contribution in [1.29, 1.82) is 0 Å². The number of likely N-dealkylation sites (tertiary alicyclic amines) is 1. The first-order chi connectivity index (χ1) is 14.1. The highest BCUT2D eigenvalue weighted by atomic mass is 35.5. The number of nitrogens with one attached hydrogen (secondary N) is 1. The highest BCUT2D eigenvalue weighted by Gasteiger charge is 2.47. The Bertz CT molecular complexity index is 912. The average Bonchev–Trinajstić information content (AvgIpc) is 3.00. The summed E-state index contributed by atoms with van der Waals surface area (Å²) < 4.78 is 15.0. The minimum absolute atomic E-state index is 0.00225. The van der Waals surface area contributed by atoms with Gasteiger partial charge in [0.2, 0.25) is 5.91 Å². The molecule has 2 aromatic carbocycles. The van der Waals surface area contributed by atoms with Gasteiger partial charge in [0.15, 0.2) is 0 Å². The number of carbonyl (C=O) groups is 1. The molecule has 3 unspecified atom stereocenters. The molecule has 0 radical (unpaired) electrons. The topological polar surface area (TPSA) is 32.3 Å². The van der Waals surface area contributed by atoms with Crippen molar-refractivity contribution in [3.05, 3.63) is 63.9 Å². The number of nitrogens with zero attached hydrogens (tertiary/aromatic N) is 1. The third-order valence-electron chi connectivity index (χ3n) is 5.75. The van der Waals surface area contributed by atoms with Gasteiger partial charge in [0, 0.05) is 29.2 Å². The van der Waals surface area contributed by atoms with Crippen LogP contribution in [0.15, 0.2) is 42.5 Å². The number of carbonyl (C=O) groups excluding carboxylic acids is 1. The number of likely N-dealkylation sites (N-methyl/N-ethyl adjacent to an activating group) is 1. The summed E-state index contributed by atoms with van der Waals surface area (Å²) in [7, 11) is 0. The monoisotopic (exact) mass is 450 g/mol. The van der Waals surface area contributed by atoms with Gasteiger partial charge in [0.05, 0.1) is 10.9 Å². The summed E-state index contributed by atoms with van der Waals surface area (Å²) >= 11 is 12.2. The molecule has 30 heavy (non-hydrogen) atoms. The fourth-order valence-corrected chi connectivity index (χ4v) is 4.86. The summed E-state index contributed by atoms with van der Waals surface area (Å²) in [4.78, 5) is 15.8. The molecule has 1 saturated heterocycles. The van der Waals surface area contributed by atoms with Crippen molar-refractivity contribution in [3.8, 4) is 0 Å². The van der Waals surface area contributed by atoms with Crippen LogP contribution in [-0.4, -0.2) is 29.9 Å². The first-order valence-electron chi connectivity index (χ1n) is 10.3. The van der Waals surface area contributed by atoms with Gasteiger partial charge in [0.1, 0.15) is 5.82 Å². The van der Waals surface area contributed by atoms with E-state index < -0.39 is 11.7 Å². The van der Waals surface area contributed by atoms with Crippen molar-refractivity contribution < 1.29 is 9.18 Å². The van der Waals surface area contributed by atoms with Gasteiger partial charge >= 0.3 is 0 Å². The van der Waals surface area contributed by atoms with E-state index in [0.717, 1.165) is 13.0 Å². The first kappa shape index (κ1) is 23.1. The van der Waals surface area contributed by atoms with Crippen molar-refractivity contribution in [3.63, 3.8) is 0 Å². The zero-order valence-electron chi connectivity index (χ0n) is 17.9. The maximum atomic E-state index is 15.0. The number of anilines is 1. The Morgan fingerprint density at radius 2 is 1.90 bits per heavy atom. The molecule has 0 aromatic heterocycles. The second-order valence-corrected chi connectivity index (χ2v) is 10.0. The molecule has 1 N–H and O–H groups in total. The van der Waals surface area contributed by atoms with Crippen LogP contribution >= 0.6 is 23.2 Å². The van der Waals surface area contributed by atoms with Crippen molar-refractivity contribution in [1.82, 2.24) is 4.90 Å². The molecule has 2 aromatic rings. The Kier molecular flexibility index (Phi) is 7.11. The fraction of sp³-hybridized carbons (Fsp3) is 0.458. The standard InChI is InChI=1S/C24H29Cl2FN2O/c1-5-29-14-18(17-10-7-11-19(26)22(17)27)21(20(29)13-24(2,3)4)23(30)28-16-9-6-8-15(25)12-16/h6-12,18,20-21H,5,13-14H2,1-4H3,(H,28,30). The third kappa shape index (κ3) is 5.16. The van der Waals surface area contributed by atoms with Crippen molar-refractivity contribution >= 4 is 34.8 Å². The molecular weight excluding hydrogens is 422 g/mol. The van der Waals surface area contributed by atoms with E-state index in [1.165, 1.54) is 0 Å². The van der Waals surface area contributed by atoms with Crippen molar-refractivity contribution in [2.45, 2.75) is 46.1 Å². The van der Waals surface area contributed by atoms with Crippen LogP contribution in [0.3, 0.4) is 0 Å². The van der Waals surface area contributed by atoms with Crippen LogP contribution in [0.2, 0.25) is 10.0 Å². The normalized spacial score (nSPS) is 22.3. The minimum atomic E-state index is -0.433. The van der Waals surface area contributed by atoms with Gasteiger partial charge in [-0.3, -0.25) is 9.69 Å². The highest BCUT2D eigenvalue weighted by molar-refractivity contribution is 6.31. The molecule has 1 aliphatic rings. The molecular formula is C24H29Cl2FN2O. The Labute approximate surface area is 188 Å². The molecule has 3 atom stereocenters. The van der Waals surface area contributed by atoms with E-state index in [4.69, 9.17) is 23.2 Å². The Hall–Kier alpha value is -1.62. The van der Waals surface area contributed by atoms with Gasteiger partial charge in [-0.05, 0) is 48.2 Å². The fourth-order valence-electron chi connectivity index (χ4n) is 4.49. The number of rotatable bonds is 5. The van der Waals surface area contributed by atoms with E-state index in [-0.39, 0.29) is 28.3 Å². The second-order valence-electron chi connectivity index (χ2n) is 9.19. The zero-order valence-corrected chi connectivity index (χ0v) is 19.4. The quantitative estimate of drug-likeness (QED) is 0.555. The molecule has 3 nitrogen and oxygen atoms in total. The van der Waals surface area contributed by atoms with Crippen LogP contribution in [0.25, 0.3) is 0 Å². The van der Waals surface area contributed by atoms with Gasteiger partial charge in [-0.1, -0.05) is 69.1 Å². The Balaban J connectivity index is 2.01. The first-order valence-corrected chi connectivity index (χ1v) is 11.1. The van der Waals surface area contributed by atoms with Gasteiger partial charge < -0.3 is 5.32 Å². The predicted octanol–water partition coefficient (Wildman–Crippen LogP) is 6.61. The molecule has 0 spiro atoms. The van der Waals surface area contributed by atoms with E-state index in [0.29, 0.717) is 22.8 Å². The lowest BCUT2D eigenvalue weighted by Gasteiger charge is -2.33. The van der Waals surface area contributed by atoms with Crippen LogP contribution in [0.5, 0.6) is 0 Å². The van der Waals surface area contributed by atoms with Crippen LogP contribution in [0, 0.1) is 17.2 Å². The Morgan fingerprint density at radius 3 is 2.53 bits per heavy atom. The summed E-state index contributed by atoms with van der Waals surface area (Å²) in [5, 5.41) is 3.65. The van der Waals surface area contributed by atoms with Crippen LogP contribution in [-0.2, 0) is 4.79 Å². The molecule has 1 heterocycles. The van der Waals surface area contributed by atoms with E-state index in [9.17, 15) is 9.18 Å². The van der Waals surface area contributed by atoms with Gasteiger partial charge in [-0.15, -0.1) is 0 Å². The summed E-state index contributed by atoms with van der Waals surface area (Å²) in [5.74, 6) is -1.24. The average molecular weight is 451 g/mol. The molecule has 162 valence electrons. The van der Waals surface area contributed by atoms with E-state index in [1.54, 1.807) is 36.4 Å². The largest absolute Gasteiger partial charge is 0.326 e. The van der Waals surface area contributed by atoms with Crippen LogP contribution < -0.4 is 5.32 Å². The SMILES string of the molecule is CCN1CC(c2cccc(Cl)c2F)C(C(=O)Nc2cccc(Cl)c2)C1CC(C)(C)C. The lowest BCUT2D eigenvalue weighted by Crippen LogP contribution is -2.40. The minimum Gasteiger partial charge on any atom is -0.326 e. The summed E-state index contributed by atoms with van der Waals surface area (Å²) in [6.45, 7) is 9.99. The molecule has 1 amide bonds. The summed E-state index contributed by atoms with van der Waals surface area (Å²) in [6.07, 6.45) is 0.827. The van der Waals surface area contributed by atoms with E-state index >= 15 is 0 Å². The second kappa shape index (κ2) is 9.25. The number of halogens is 3. The number of hydrogen-bond acceptors (Lipinski definition) is 2. The number of amides is 1. The summed E-state index contributed by atoms with van der Waals surface area (Å²) in [5.41, 5.74) is 1.17. The lowest BCUT2D eigenvalue weighted by atomic mass is 9.78. The van der Waals surface area contributed by atoms with Gasteiger partial charge in [0.25, 0.3) is 0 Å². The van der Waals surface area contributed by atoms with Crippen molar-refractivity contribution in [2.75, 3.05) is 18.4 Å². The summed E-state index contributed by atoms with van der Waals surface area (Å²) in [6, 6.07) is 12.1.